The van der Waals surface area contributed by atoms with Gasteiger partial charge in [0, 0.05) is 5.69 Å². The molecule has 2 rings (SSSR count). The normalized spacial score (nSPS) is 15.2. The Bertz CT molecular complexity index is 701. The lowest BCUT2D eigenvalue weighted by Crippen LogP contribution is -2.16. The Balaban J connectivity index is 2.49. The van der Waals surface area contributed by atoms with E-state index in [1.54, 1.807) is 13.0 Å². The molecule has 1 aromatic carbocycles. The van der Waals surface area contributed by atoms with Gasteiger partial charge in [-0.25, -0.2) is 0 Å². The minimum Gasteiger partial charge on any atom is -0.514 e. The van der Waals surface area contributed by atoms with Crippen LogP contribution in [0.5, 0.6) is 0 Å². The quantitative estimate of drug-likeness (QED) is 0.356. The van der Waals surface area contributed by atoms with E-state index in [9.17, 15) is 13.2 Å². The van der Waals surface area contributed by atoms with E-state index in [2.05, 4.69) is 5.32 Å². The smallest absolute Gasteiger partial charge is 0.416 e. The second-order valence-corrected chi connectivity index (χ2v) is 5.70. The summed E-state index contributed by atoms with van der Waals surface area (Å²) in [4.78, 5) is -0.0151. The van der Waals surface area contributed by atoms with Crippen molar-refractivity contribution < 1.29 is 18.3 Å². The second kappa shape index (κ2) is 6.59. The summed E-state index contributed by atoms with van der Waals surface area (Å²) >= 11 is 5.02. The molecule has 0 aliphatic heterocycles. The SMILES string of the molecule is CCc1c(C(F)(F)F)ccc(NC(=S)C(C#N)=CO)c1C1CC1. The van der Waals surface area contributed by atoms with Gasteiger partial charge < -0.3 is 10.4 Å². The highest BCUT2D eigenvalue weighted by atomic mass is 32.1. The van der Waals surface area contributed by atoms with E-state index in [-0.39, 0.29) is 28.5 Å². The number of hydrogen-bond acceptors (Lipinski definition) is 3. The number of hydrogen-bond donors (Lipinski definition) is 2. The number of thiocarbonyl (C=S) groups is 1. The molecule has 1 aliphatic rings. The minimum absolute atomic E-state index is 0.0151. The molecule has 0 aromatic heterocycles. The van der Waals surface area contributed by atoms with Crippen LogP contribution in [0.25, 0.3) is 0 Å². The van der Waals surface area contributed by atoms with Gasteiger partial charge in [0.1, 0.15) is 16.6 Å². The average Bonchev–Trinajstić information content (AvgIpc) is 3.31. The van der Waals surface area contributed by atoms with Gasteiger partial charge in [0.2, 0.25) is 0 Å². The highest BCUT2D eigenvalue weighted by molar-refractivity contribution is 7.81. The number of halogens is 3. The fraction of sp³-hybridized carbons (Fsp3) is 0.375. The van der Waals surface area contributed by atoms with Gasteiger partial charge in [-0.3, -0.25) is 0 Å². The molecule has 0 unspecified atom stereocenters. The Hall–Kier alpha value is -2.07. The van der Waals surface area contributed by atoms with Crippen LogP contribution in [-0.4, -0.2) is 10.1 Å². The lowest BCUT2D eigenvalue weighted by atomic mass is 9.93. The molecule has 0 atom stereocenters. The van der Waals surface area contributed by atoms with Gasteiger partial charge in [0.15, 0.2) is 0 Å². The van der Waals surface area contributed by atoms with Crippen LogP contribution in [0.3, 0.4) is 0 Å². The maximum Gasteiger partial charge on any atom is 0.416 e. The summed E-state index contributed by atoms with van der Waals surface area (Å²) in [7, 11) is 0. The fourth-order valence-corrected chi connectivity index (χ4v) is 2.79. The number of anilines is 1. The van der Waals surface area contributed by atoms with Crippen molar-refractivity contribution in [3.05, 3.63) is 40.7 Å². The van der Waals surface area contributed by atoms with Crippen LogP contribution in [-0.2, 0) is 12.6 Å². The molecule has 0 bridgehead atoms. The van der Waals surface area contributed by atoms with Gasteiger partial charge in [-0.05, 0) is 48.4 Å². The van der Waals surface area contributed by atoms with Gasteiger partial charge in [-0.2, -0.15) is 18.4 Å². The first-order valence-corrected chi connectivity index (χ1v) is 7.53. The molecule has 1 aromatic rings. The third-order valence-electron chi connectivity index (χ3n) is 3.74. The lowest BCUT2D eigenvalue weighted by Gasteiger charge is -2.20. The van der Waals surface area contributed by atoms with Crippen molar-refractivity contribution in [3.63, 3.8) is 0 Å². The molecular weight excluding hydrogens is 325 g/mol. The fourth-order valence-electron chi connectivity index (χ4n) is 2.59. The molecule has 1 saturated carbocycles. The van der Waals surface area contributed by atoms with E-state index in [1.807, 2.05) is 0 Å². The number of benzene rings is 1. The van der Waals surface area contributed by atoms with Crippen molar-refractivity contribution in [2.24, 2.45) is 0 Å². The van der Waals surface area contributed by atoms with Crippen molar-refractivity contribution in [3.8, 4) is 6.07 Å². The van der Waals surface area contributed by atoms with Gasteiger partial charge in [-0.15, -0.1) is 0 Å². The molecular formula is C16H15F3N2OS. The Morgan fingerprint density at radius 2 is 2.13 bits per heavy atom. The van der Waals surface area contributed by atoms with Crippen LogP contribution in [0.4, 0.5) is 18.9 Å². The van der Waals surface area contributed by atoms with Crippen LogP contribution in [0.2, 0.25) is 0 Å². The standard InChI is InChI=1S/C16H15F3N2OS/c1-2-11-12(16(17,18)19)5-6-13(14(11)9-3-4-9)21-15(23)10(7-20)8-22/h5-6,8-9,22H,2-4H2,1H3,(H,21,23). The molecule has 0 amide bonds. The van der Waals surface area contributed by atoms with Crippen LogP contribution in [0, 0.1) is 11.3 Å². The molecule has 0 saturated heterocycles. The predicted octanol–water partition coefficient (Wildman–Crippen LogP) is 4.85. The Kier molecular flexibility index (Phi) is 4.95. The molecule has 1 aliphatic carbocycles. The van der Waals surface area contributed by atoms with E-state index in [0.717, 1.165) is 18.9 Å². The highest BCUT2D eigenvalue weighted by Crippen LogP contribution is 2.48. The first-order valence-electron chi connectivity index (χ1n) is 7.12. The molecule has 3 nitrogen and oxygen atoms in total. The topological polar surface area (TPSA) is 56.0 Å². The first-order chi connectivity index (χ1) is 10.8. The van der Waals surface area contributed by atoms with Crippen molar-refractivity contribution in [1.82, 2.24) is 0 Å². The molecule has 0 heterocycles. The second-order valence-electron chi connectivity index (χ2n) is 5.29. The molecule has 0 radical (unpaired) electrons. The average molecular weight is 340 g/mol. The summed E-state index contributed by atoms with van der Waals surface area (Å²) in [6.07, 6.45) is -1.91. The minimum atomic E-state index is -4.41. The number of nitrogens with zero attached hydrogens (tertiary/aromatic N) is 1. The van der Waals surface area contributed by atoms with Crippen LogP contribution >= 0.6 is 12.2 Å². The number of aliphatic hydroxyl groups excluding tert-OH is 1. The summed E-state index contributed by atoms with van der Waals surface area (Å²) in [6, 6.07) is 4.10. The number of rotatable bonds is 4. The van der Waals surface area contributed by atoms with Crippen molar-refractivity contribution >= 4 is 22.9 Å². The van der Waals surface area contributed by atoms with E-state index in [1.165, 1.54) is 6.07 Å². The van der Waals surface area contributed by atoms with Crippen molar-refractivity contribution in [1.29, 1.82) is 5.26 Å². The number of aliphatic hydroxyl groups is 1. The monoisotopic (exact) mass is 340 g/mol. The Morgan fingerprint density at radius 3 is 2.57 bits per heavy atom. The highest BCUT2D eigenvalue weighted by Gasteiger charge is 2.37. The van der Waals surface area contributed by atoms with Gasteiger partial charge in [-0.1, -0.05) is 19.1 Å². The summed E-state index contributed by atoms with van der Waals surface area (Å²) < 4.78 is 39.6. The summed E-state index contributed by atoms with van der Waals surface area (Å²) in [5.41, 5.74) is 0.576. The molecule has 0 spiro atoms. The Morgan fingerprint density at radius 1 is 1.48 bits per heavy atom. The van der Waals surface area contributed by atoms with E-state index < -0.39 is 11.7 Å². The first kappa shape index (κ1) is 17.3. The lowest BCUT2D eigenvalue weighted by molar-refractivity contribution is -0.138. The number of alkyl halides is 3. The van der Waals surface area contributed by atoms with Gasteiger partial charge >= 0.3 is 6.18 Å². The summed E-state index contributed by atoms with van der Waals surface area (Å²) in [5, 5.41) is 20.6. The summed E-state index contributed by atoms with van der Waals surface area (Å²) in [6.45, 7) is 1.69. The third kappa shape index (κ3) is 3.64. The van der Waals surface area contributed by atoms with Crippen molar-refractivity contribution in [2.45, 2.75) is 38.3 Å². The third-order valence-corrected chi connectivity index (χ3v) is 4.07. The van der Waals surface area contributed by atoms with Gasteiger partial charge in [0.25, 0.3) is 0 Å². The molecule has 23 heavy (non-hydrogen) atoms. The van der Waals surface area contributed by atoms with Crippen LogP contribution < -0.4 is 5.32 Å². The number of nitrogens with one attached hydrogen (secondary N) is 1. The largest absolute Gasteiger partial charge is 0.514 e. The Labute approximate surface area is 137 Å². The van der Waals surface area contributed by atoms with E-state index in [0.29, 0.717) is 17.5 Å². The predicted molar refractivity (Wildman–Crippen MR) is 85.3 cm³/mol. The van der Waals surface area contributed by atoms with Crippen LogP contribution in [0.15, 0.2) is 24.0 Å². The van der Waals surface area contributed by atoms with E-state index in [4.69, 9.17) is 22.6 Å². The zero-order valence-corrected chi connectivity index (χ0v) is 13.2. The van der Waals surface area contributed by atoms with Crippen molar-refractivity contribution in [2.75, 3.05) is 5.32 Å². The maximum absolute atomic E-state index is 13.2. The summed E-state index contributed by atoms with van der Waals surface area (Å²) in [5.74, 6) is 0.0705. The molecule has 1 fully saturated rings. The number of nitriles is 1. The molecule has 2 N–H and O–H groups in total. The van der Waals surface area contributed by atoms with Gasteiger partial charge in [0.05, 0.1) is 11.8 Å². The van der Waals surface area contributed by atoms with Crippen LogP contribution in [0.1, 0.15) is 42.4 Å². The maximum atomic E-state index is 13.2. The molecule has 7 heteroatoms. The zero-order valence-electron chi connectivity index (χ0n) is 12.4. The van der Waals surface area contributed by atoms with E-state index >= 15 is 0 Å². The zero-order chi connectivity index (χ0) is 17.2. The molecule has 122 valence electrons.